The van der Waals surface area contributed by atoms with E-state index in [0.717, 1.165) is 24.3 Å². The summed E-state index contributed by atoms with van der Waals surface area (Å²) < 4.78 is 5.51. The smallest absolute Gasteiger partial charge is 0.147 e. The molecule has 2 heterocycles. The highest BCUT2D eigenvalue weighted by Gasteiger charge is 2.31. The first kappa shape index (κ1) is 9.01. The molecule has 1 aromatic heterocycles. The van der Waals surface area contributed by atoms with Gasteiger partial charge in [-0.1, -0.05) is 13.8 Å². The number of nitriles is 1. The van der Waals surface area contributed by atoms with Crippen LogP contribution in [-0.4, -0.2) is 11.6 Å². The molecule has 0 unspecified atom stereocenters. The lowest BCUT2D eigenvalue weighted by molar-refractivity contribution is 0.233. The molecule has 0 saturated heterocycles. The van der Waals surface area contributed by atoms with Gasteiger partial charge in [-0.25, -0.2) is 4.98 Å². The van der Waals surface area contributed by atoms with Gasteiger partial charge in [0.1, 0.15) is 17.5 Å². The number of pyridine rings is 1. The minimum Gasteiger partial charge on any atom is -0.493 e. The molecule has 2 rings (SSSR count). The third kappa shape index (κ3) is 1.24. The maximum absolute atomic E-state index is 8.96. The minimum absolute atomic E-state index is 0.00704. The van der Waals surface area contributed by atoms with E-state index < -0.39 is 0 Å². The van der Waals surface area contributed by atoms with Crippen LogP contribution < -0.4 is 4.74 Å². The molecular formula is C11H12N2O. The molecule has 0 amide bonds. The average molecular weight is 188 g/mol. The monoisotopic (exact) mass is 188 g/mol. The van der Waals surface area contributed by atoms with E-state index in [-0.39, 0.29) is 5.41 Å². The summed E-state index contributed by atoms with van der Waals surface area (Å²) in [4.78, 5) is 4.07. The number of nitrogens with zero attached hydrogens (tertiary/aromatic N) is 2. The van der Waals surface area contributed by atoms with Crippen LogP contribution in [0, 0.1) is 11.3 Å². The van der Waals surface area contributed by atoms with Gasteiger partial charge in [-0.3, -0.25) is 0 Å². The lowest BCUT2D eigenvalue weighted by Crippen LogP contribution is -2.28. The lowest BCUT2D eigenvalue weighted by Gasteiger charge is -2.32. The summed E-state index contributed by atoms with van der Waals surface area (Å²) in [5.74, 6) is 0.813. The molecule has 0 atom stereocenters. The van der Waals surface area contributed by atoms with Gasteiger partial charge in [0.15, 0.2) is 0 Å². The van der Waals surface area contributed by atoms with Crippen molar-refractivity contribution in [3.05, 3.63) is 23.5 Å². The van der Waals surface area contributed by atoms with E-state index in [1.165, 1.54) is 0 Å². The summed E-state index contributed by atoms with van der Waals surface area (Å²) in [6, 6.07) is 3.95. The molecule has 0 saturated carbocycles. The normalized spacial score (nSPS) is 17.8. The Bertz CT molecular complexity index is 404. The molecule has 0 aromatic carbocycles. The summed E-state index contributed by atoms with van der Waals surface area (Å²) in [5.41, 5.74) is 1.44. The molecule has 0 aliphatic carbocycles. The highest BCUT2D eigenvalue weighted by Crippen LogP contribution is 2.39. The molecular weight excluding hydrogens is 176 g/mol. The third-order valence-electron chi connectivity index (χ3n) is 2.68. The molecule has 14 heavy (non-hydrogen) atoms. The van der Waals surface area contributed by atoms with Crippen LogP contribution in [0.4, 0.5) is 0 Å². The van der Waals surface area contributed by atoms with E-state index >= 15 is 0 Å². The summed E-state index contributed by atoms with van der Waals surface area (Å²) in [6.07, 6.45) is 2.55. The zero-order valence-electron chi connectivity index (χ0n) is 8.37. The molecule has 0 bridgehead atoms. The fourth-order valence-electron chi connectivity index (χ4n) is 1.84. The predicted molar refractivity (Wildman–Crippen MR) is 52.1 cm³/mol. The van der Waals surface area contributed by atoms with E-state index in [9.17, 15) is 0 Å². The van der Waals surface area contributed by atoms with Crippen molar-refractivity contribution < 1.29 is 4.74 Å². The molecule has 0 fully saturated rings. The molecule has 72 valence electrons. The molecule has 0 radical (unpaired) electrons. The van der Waals surface area contributed by atoms with Gasteiger partial charge in [0.2, 0.25) is 0 Å². The summed E-state index contributed by atoms with van der Waals surface area (Å²) >= 11 is 0. The number of rotatable bonds is 0. The van der Waals surface area contributed by atoms with Crippen molar-refractivity contribution in [3.63, 3.8) is 0 Å². The quantitative estimate of drug-likeness (QED) is 0.625. The zero-order valence-corrected chi connectivity index (χ0v) is 8.37. The van der Waals surface area contributed by atoms with Gasteiger partial charge in [0, 0.05) is 11.8 Å². The van der Waals surface area contributed by atoms with Crippen molar-refractivity contribution in [1.29, 1.82) is 5.26 Å². The number of aromatic nitrogens is 1. The lowest BCUT2D eigenvalue weighted by atomic mass is 9.79. The Balaban J connectivity index is 2.66. The summed E-state index contributed by atoms with van der Waals surface area (Å²) in [6.45, 7) is 4.96. The number of hydrogen-bond acceptors (Lipinski definition) is 3. The van der Waals surface area contributed by atoms with Crippen LogP contribution in [0.5, 0.6) is 5.75 Å². The average Bonchev–Trinajstić information content (AvgIpc) is 2.16. The van der Waals surface area contributed by atoms with Gasteiger partial charge in [-0.15, -0.1) is 0 Å². The van der Waals surface area contributed by atoms with Gasteiger partial charge in [0.25, 0.3) is 0 Å². The molecule has 3 nitrogen and oxygen atoms in total. The summed E-state index contributed by atoms with van der Waals surface area (Å²) in [5, 5.41) is 8.96. The first-order valence-corrected chi connectivity index (χ1v) is 4.67. The topological polar surface area (TPSA) is 45.9 Å². The minimum atomic E-state index is -0.00704. The first-order chi connectivity index (χ1) is 6.65. The van der Waals surface area contributed by atoms with Gasteiger partial charge >= 0.3 is 0 Å². The van der Waals surface area contributed by atoms with Crippen molar-refractivity contribution in [2.75, 3.05) is 6.61 Å². The fourth-order valence-corrected chi connectivity index (χ4v) is 1.84. The van der Waals surface area contributed by atoms with Crippen molar-refractivity contribution in [3.8, 4) is 11.8 Å². The van der Waals surface area contributed by atoms with E-state index in [4.69, 9.17) is 10.00 Å². The van der Waals surface area contributed by atoms with Crippen LogP contribution in [0.25, 0.3) is 0 Å². The second-order valence-electron chi connectivity index (χ2n) is 4.13. The van der Waals surface area contributed by atoms with Crippen LogP contribution >= 0.6 is 0 Å². The molecule has 0 spiro atoms. The largest absolute Gasteiger partial charge is 0.493 e. The van der Waals surface area contributed by atoms with Gasteiger partial charge in [-0.05, 0) is 17.9 Å². The zero-order chi connectivity index (χ0) is 10.2. The summed E-state index contributed by atoms with van der Waals surface area (Å²) in [7, 11) is 0. The maximum atomic E-state index is 8.96. The van der Waals surface area contributed by atoms with E-state index in [1.54, 1.807) is 6.20 Å². The Morgan fingerprint density at radius 3 is 3.07 bits per heavy atom. The van der Waals surface area contributed by atoms with Gasteiger partial charge < -0.3 is 4.74 Å². The predicted octanol–water partition coefficient (Wildman–Crippen LogP) is 2.01. The number of ether oxygens (including phenoxy) is 1. The first-order valence-electron chi connectivity index (χ1n) is 4.67. The van der Waals surface area contributed by atoms with E-state index in [1.807, 2.05) is 6.07 Å². The van der Waals surface area contributed by atoms with E-state index in [0.29, 0.717) is 5.69 Å². The second-order valence-corrected chi connectivity index (χ2v) is 4.13. The van der Waals surface area contributed by atoms with Crippen molar-refractivity contribution in [1.82, 2.24) is 4.98 Å². The Hall–Kier alpha value is -1.56. The Morgan fingerprint density at radius 1 is 1.57 bits per heavy atom. The molecule has 1 aliphatic heterocycles. The Kier molecular flexibility index (Phi) is 1.92. The highest BCUT2D eigenvalue weighted by molar-refractivity contribution is 5.47. The van der Waals surface area contributed by atoms with Crippen molar-refractivity contribution in [2.45, 2.75) is 25.7 Å². The maximum Gasteiger partial charge on any atom is 0.147 e. The number of fused-ring (bicyclic) bond motifs is 1. The highest BCUT2D eigenvalue weighted by atomic mass is 16.5. The molecule has 1 aromatic rings. The van der Waals surface area contributed by atoms with Crippen LogP contribution in [0.3, 0.4) is 0 Å². The van der Waals surface area contributed by atoms with Crippen LogP contribution in [0.2, 0.25) is 0 Å². The second kappa shape index (κ2) is 2.98. The standard InChI is InChI=1S/C11H12N2O/c1-11(2)4-6-14-9-3-5-13-8(7-12)10(9)11/h3,5H,4,6H2,1-2H3. The third-order valence-corrected chi connectivity index (χ3v) is 2.68. The molecule has 0 N–H and O–H groups in total. The fraction of sp³-hybridized carbons (Fsp3) is 0.455. The van der Waals surface area contributed by atoms with Crippen molar-refractivity contribution >= 4 is 0 Å². The SMILES string of the molecule is CC1(C)CCOc2ccnc(C#N)c21. The van der Waals surface area contributed by atoms with Crippen molar-refractivity contribution in [2.24, 2.45) is 0 Å². The van der Waals surface area contributed by atoms with Crippen LogP contribution in [0.15, 0.2) is 12.3 Å². The molecule has 3 heteroatoms. The van der Waals surface area contributed by atoms with Crippen LogP contribution in [0.1, 0.15) is 31.5 Å². The molecule has 1 aliphatic rings. The van der Waals surface area contributed by atoms with Crippen LogP contribution in [-0.2, 0) is 5.41 Å². The Morgan fingerprint density at radius 2 is 2.36 bits per heavy atom. The van der Waals surface area contributed by atoms with Gasteiger partial charge in [-0.2, -0.15) is 5.26 Å². The van der Waals surface area contributed by atoms with Gasteiger partial charge in [0.05, 0.1) is 6.61 Å². The Labute approximate surface area is 83.3 Å². The van der Waals surface area contributed by atoms with E-state index in [2.05, 4.69) is 24.9 Å². The number of hydrogen-bond donors (Lipinski definition) is 0.